The molecule has 0 unspecified atom stereocenters. The van der Waals surface area contributed by atoms with Gasteiger partial charge in [0.2, 0.25) is 0 Å². The van der Waals surface area contributed by atoms with Crippen molar-refractivity contribution < 1.29 is 39.6 Å². The summed E-state index contributed by atoms with van der Waals surface area (Å²) < 4.78 is 0. The predicted octanol–water partition coefficient (Wildman–Crippen LogP) is -0.977. The summed E-state index contributed by atoms with van der Waals surface area (Å²) in [6, 6.07) is 0. The lowest BCUT2D eigenvalue weighted by atomic mass is 10.4. The van der Waals surface area contributed by atoms with Gasteiger partial charge in [-0.25, -0.2) is 0 Å². The van der Waals surface area contributed by atoms with E-state index in [4.69, 9.17) is 20.4 Å². The fourth-order valence-corrected chi connectivity index (χ4v) is 0.742. The van der Waals surface area contributed by atoms with Crippen molar-refractivity contribution in [3.8, 4) is 0 Å². The van der Waals surface area contributed by atoms with Crippen LogP contribution >= 0.6 is 0 Å². The molecule has 0 aliphatic carbocycles. The molecule has 0 amide bonds. The minimum absolute atomic E-state index is 0.222. The monoisotopic (exact) mass is 265 g/mol. The third kappa shape index (κ3) is 16.3. The van der Waals surface area contributed by atoms with Gasteiger partial charge in [0, 0.05) is 6.42 Å². The highest BCUT2D eigenvalue weighted by molar-refractivity contribution is 5.75. The maximum Gasteiger partial charge on any atom is 0.317 e. The number of rotatable bonds is 7. The van der Waals surface area contributed by atoms with E-state index in [2.05, 4.69) is 0 Å². The molecule has 0 bridgehead atoms. The number of carboxylic acid groups (broad SMARTS) is 4. The van der Waals surface area contributed by atoms with Crippen LogP contribution in [0.15, 0.2) is 0 Å². The molecule has 0 spiro atoms. The second kappa shape index (κ2) is 10.0. The first-order chi connectivity index (χ1) is 8.18. The molecule has 9 nitrogen and oxygen atoms in total. The molecular formula is C9H15NO8. The summed E-state index contributed by atoms with van der Waals surface area (Å²) in [6.45, 7) is -0.196. The van der Waals surface area contributed by atoms with E-state index in [0.29, 0.717) is 0 Å². The van der Waals surface area contributed by atoms with Gasteiger partial charge in [0.1, 0.15) is 0 Å². The third-order valence-electron chi connectivity index (χ3n) is 1.38. The zero-order valence-electron chi connectivity index (χ0n) is 9.70. The smallest absolute Gasteiger partial charge is 0.317 e. The standard InChI is InChI=1S/C6H9NO6.C3H6O2/c8-4(9)1-7(2-5(10)11)3-6(12)13;1-2-3(4)5/h1-3H2,(H,8,9)(H,10,11)(H,12,13);2H2,1H3,(H,4,5). The van der Waals surface area contributed by atoms with Crippen molar-refractivity contribution >= 4 is 23.9 Å². The topological polar surface area (TPSA) is 152 Å². The van der Waals surface area contributed by atoms with Gasteiger partial charge in [0.05, 0.1) is 19.6 Å². The zero-order valence-corrected chi connectivity index (χ0v) is 9.70. The van der Waals surface area contributed by atoms with Crippen LogP contribution in [-0.4, -0.2) is 68.8 Å². The van der Waals surface area contributed by atoms with Gasteiger partial charge in [-0.2, -0.15) is 0 Å². The molecule has 0 aliphatic heterocycles. The molecule has 0 atom stereocenters. The van der Waals surface area contributed by atoms with E-state index in [1.54, 1.807) is 6.92 Å². The molecule has 0 saturated heterocycles. The second-order valence-electron chi connectivity index (χ2n) is 3.07. The maximum absolute atomic E-state index is 10.1. The lowest BCUT2D eigenvalue weighted by molar-refractivity contribution is -0.145. The molecule has 4 N–H and O–H groups in total. The molecule has 18 heavy (non-hydrogen) atoms. The lowest BCUT2D eigenvalue weighted by Gasteiger charge is -2.14. The predicted molar refractivity (Wildman–Crippen MR) is 57.3 cm³/mol. The first-order valence-electron chi connectivity index (χ1n) is 4.78. The van der Waals surface area contributed by atoms with E-state index in [0.717, 1.165) is 4.90 Å². The molecule has 0 rings (SSSR count). The summed E-state index contributed by atoms with van der Waals surface area (Å²) in [7, 11) is 0. The van der Waals surface area contributed by atoms with Crippen LogP contribution in [0.5, 0.6) is 0 Å². The van der Waals surface area contributed by atoms with E-state index in [1.807, 2.05) is 0 Å². The Morgan fingerprint density at radius 3 is 1.06 bits per heavy atom. The zero-order chi connectivity index (χ0) is 14.7. The van der Waals surface area contributed by atoms with Crippen LogP contribution in [0.4, 0.5) is 0 Å². The maximum atomic E-state index is 10.1. The molecule has 0 radical (unpaired) electrons. The van der Waals surface area contributed by atoms with Gasteiger partial charge < -0.3 is 20.4 Å². The highest BCUT2D eigenvalue weighted by Crippen LogP contribution is 1.87. The fourth-order valence-electron chi connectivity index (χ4n) is 0.742. The van der Waals surface area contributed by atoms with E-state index in [1.165, 1.54) is 0 Å². The van der Waals surface area contributed by atoms with Crippen LogP contribution in [0, 0.1) is 0 Å². The summed E-state index contributed by atoms with van der Waals surface area (Å²) in [4.78, 5) is 40.6. The fraction of sp³-hybridized carbons (Fsp3) is 0.556. The molecule has 0 fully saturated rings. The summed E-state index contributed by atoms with van der Waals surface area (Å²) in [5.74, 6) is -4.53. The van der Waals surface area contributed by atoms with Crippen LogP contribution in [0.3, 0.4) is 0 Å². The van der Waals surface area contributed by atoms with Gasteiger partial charge in [0.25, 0.3) is 0 Å². The first-order valence-corrected chi connectivity index (χ1v) is 4.78. The van der Waals surface area contributed by atoms with Crippen molar-refractivity contribution in [1.29, 1.82) is 0 Å². The highest BCUT2D eigenvalue weighted by Gasteiger charge is 2.15. The number of carbonyl (C=O) groups is 4. The van der Waals surface area contributed by atoms with Crippen molar-refractivity contribution in [2.45, 2.75) is 13.3 Å². The Morgan fingerprint density at radius 1 is 0.722 bits per heavy atom. The molecule has 9 heteroatoms. The quantitative estimate of drug-likeness (QED) is 0.455. The number of carboxylic acids is 4. The minimum Gasteiger partial charge on any atom is -0.481 e. The van der Waals surface area contributed by atoms with Gasteiger partial charge >= 0.3 is 23.9 Å². The number of nitrogens with zero attached hydrogens (tertiary/aromatic N) is 1. The number of hydrogen-bond acceptors (Lipinski definition) is 5. The van der Waals surface area contributed by atoms with E-state index in [9.17, 15) is 19.2 Å². The first kappa shape index (κ1) is 18.2. The molecule has 104 valence electrons. The van der Waals surface area contributed by atoms with Gasteiger partial charge in [-0.1, -0.05) is 6.92 Å². The van der Waals surface area contributed by atoms with Crippen molar-refractivity contribution in [3.63, 3.8) is 0 Å². The van der Waals surface area contributed by atoms with Crippen LogP contribution < -0.4 is 0 Å². The summed E-state index contributed by atoms with van der Waals surface area (Å²) >= 11 is 0. The summed E-state index contributed by atoms with van der Waals surface area (Å²) in [5, 5.41) is 32.6. The molecule has 0 aromatic carbocycles. The Labute approximate surface area is 102 Å². The largest absolute Gasteiger partial charge is 0.481 e. The Morgan fingerprint density at radius 2 is 0.944 bits per heavy atom. The lowest BCUT2D eigenvalue weighted by Crippen LogP contribution is -2.38. The summed E-state index contributed by atoms with van der Waals surface area (Å²) in [6.07, 6.45) is 0.222. The van der Waals surface area contributed by atoms with Crippen LogP contribution in [0.1, 0.15) is 13.3 Å². The Kier molecular flexibility index (Phi) is 10.1. The van der Waals surface area contributed by atoms with Gasteiger partial charge in [0.15, 0.2) is 0 Å². The van der Waals surface area contributed by atoms with Crippen molar-refractivity contribution in [2.75, 3.05) is 19.6 Å². The Hall–Kier alpha value is -2.16. The minimum atomic E-state index is -1.26. The Bertz CT molecular complexity index is 276. The van der Waals surface area contributed by atoms with Crippen molar-refractivity contribution in [3.05, 3.63) is 0 Å². The van der Waals surface area contributed by atoms with Gasteiger partial charge in [-0.05, 0) is 0 Å². The van der Waals surface area contributed by atoms with E-state index < -0.39 is 43.5 Å². The molecular weight excluding hydrogens is 250 g/mol. The normalized spacial score (nSPS) is 9.22. The van der Waals surface area contributed by atoms with Crippen molar-refractivity contribution in [1.82, 2.24) is 4.90 Å². The second-order valence-corrected chi connectivity index (χ2v) is 3.07. The van der Waals surface area contributed by atoms with Crippen LogP contribution in [-0.2, 0) is 19.2 Å². The molecule has 0 aliphatic rings. The third-order valence-corrected chi connectivity index (χ3v) is 1.38. The van der Waals surface area contributed by atoms with Gasteiger partial charge in [-0.15, -0.1) is 0 Å². The number of aliphatic carboxylic acids is 4. The highest BCUT2D eigenvalue weighted by atomic mass is 16.4. The van der Waals surface area contributed by atoms with E-state index in [-0.39, 0.29) is 6.42 Å². The summed E-state index contributed by atoms with van der Waals surface area (Å²) in [5.41, 5.74) is 0. The SMILES string of the molecule is CCC(=O)O.O=C(O)CN(CC(=O)O)CC(=O)O. The molecule has 0 saturated carbocycles. The Balaban J connectivity index is 0. The average molecular weight is 265 g/mol. The number of hydrogen-bond donors (Lipinski definition) is 4. The van der Waals surface area contributed by atoms with Crippen LogP contribution in [0.2, 0.25) is 0 Å². The average Bonchev–Trinajstić information content (AvgIpc) is 2.14. The van der Waals surface area contributed by atoms with Crippen molar-refractivity contribution in [2.24, 2.45) is 0 Å². The van der Waals surface area contributed by atoms with Crippen LogP contribution in [0.25, 0.3) is 0 Å². The van der Waals surface area contributed by atoms with E-state index >= 15 is 0 Å². The molecule has 0 aromatic rings. The molecule has 0 aromatic heterocycles. The van der Waals surface area contributed by atoms with Gasteiger partial charge in [-0.3, -0.25) is 24.1 Å². The molecule has 0 heterocycles.